The zero-order valence-electron chi connectivity index (χ0n) is 13.2. The van der Waals surface area contributed by atoms with Crippen LogP contribution in [-0.2, 0) is 0 Å². The summed E-state index contributed by atoms with van der Waals surface area (Å²) < 4.78 is 0. The van der Waals surface area contributed by atoms with Crippen molar-refractivity contribution in [3.8, 4) is 0 Å². The minimum absolute atomic E-state index is 0. The molecule has 0 radical (unpaired) electrons. The van der Waals surface area contributed by atoms with Crippen molar-refractivity contribution in [3.05, 3.63) is 0 Å². The van der Waals surface area contributed by atoms with Crippen LogP contribution in [0.25, 0.3) is 0 Å². The zero-order chi connectivity index (χ0) is 13.7. The van der Waals surface area contributed by atoms with E-state index in [1.54, 1.807) is 0 Å². The number of hydrogen-bond acceptors (Lipinski definition) is 2. The molecule has 0 bridgehead atoms. The molecule has 2 rings (SSSR count). The number of piperidine rings is 1. The van der Waals surface area contributed by atoms with Crippen LogP contribution in [0.2, 0.25) is 0 Å². The monoisotopic (exact) mass is 394 g/mol. The lowest BCUT2D eigenvalue weighted by Gasteiger charge is -2.30. The van der Waals surface area contributed by atoms with Gasteiger partial charge in [0.05, 0.1) is 0 Å². The summed E-state index contributed by atoms with van der Waals surface area (Å²) in [6.45, 7) is 9.46. The highest BCUT2D eigenvalue weighted by Crippen LogP contribution is 2.28. The third-order valence-corrected chi connectivity index (χ3v) is 4.34. The molecule has 20 heavy (non-hydrogen) atoms. The maximum Gasteiger partial charge on any atom is 0.191 e. The topological polar surface area (TPSA) is 39.7 Å². The molecule has 3 atom stereocenters. The second-order valence-corrected chi connectivity index (χ2v) is 6.36. The van der Waals surface area contributed by atoms with Crippen molar-refractivity contribution in [2.75, 3.05) is 33.2 Å². The lowest BCUT2D eigenvalue weighted by molar-refractivity contribution is 0.182. The van der Waals surface area contributed by atoms with Gasteiger partial charge in [-0.2, -0.15) is 0 Å². The van der Waals surface area contributed by atoms with E-state index >= 15 is 0 Å². The van der Waals surface area contributed by atoms with Gasteiger partial charge in [-0.3, -0.25) is 4.99 Å². The first kappa shape index (κ1) is 18.0. The Kier molecular flexibility index (Phi) is 8.17. The Bertz CT molecular complexity index is 308. The summed E-state index contributed by atoms with van der Waals surface area (Å²) >= 11 is 0. The van der Waals surface area contributed by atoms with Gasteiger partial charge in [-0.05, 0) is 50.6 Å². The highest BCUT2D eigenvalue weighted by atomic mass is 127. The van der Waals surface area contributed by atoms with Crippen LogP contribution in [0.1, 0.15) is 39.5 Å². The highest BCUT2D eigenvalue weighted by Gasteiger charge is 2.33. The molecule has 0 aromatic rings. The molecule has 118 valence electrons. The van der Waals surface area contributed by atoms with Gasteiger partial charge in [0.1, 0.15) is 0 Å². The third kappa shape index (κ3) is 6.16. The smallest absolute Gasteiger partial charge is 0.191 e. The molecule has 1 heterocycles. The molecule has 1 saturated heterocycles. The molecule has 2 N–H and O–H groups in total. The molecule has 0 aromatic carbocycles. The zero-order valence-corrected chi connectivity index (χ0v) is 15.5. The fraction of sp³-hybridized carbons (Fsp3) is 0.933. The quantitative estimate of drug-likeness (QED) is 0.325. The fourth-order valence-corrected chi connectivity index (χ4v) is 2.89. The van der Waals surface area contributed by atoms with E-state index < -0.39 is 0 Å². The average Bonchev–Trinajstić information content (AvgIpc) is 3.09. The van der Waals surface area contributed by atoms with E-state index in [4.69, 9.17) is 0 Å². The number of nitrogens with one attached hydrogen (secondary N) is 2. The molecule has 1 aliphatic heterocycles. The highest BCUT2D eigenvalue weighted by molar-refractivity contribution is 14.0. The summed E-state index contributed by atoms with van der Waals surface area (Å²) in [6.07, 6.45) is 5.27. The first-order chi connectivity index (χ1) is 9.19. The van der Waals surface area contributed by atoms with Crippen LogP contribution in [0.15, 0.2) is 4.99 Å². The first-order valence-corrected chi connectivity index (χ1v) is 7.88. The molecular weight excluding hydrogens is 363 g/mol. The molecule has 2 aliphatic rings. The van der Waals surface area contributed by atoms with E-state index in [-0.39, 0.29) is 24.0 Å². The van der Waals surface area contributed by atoms with E-state index in [0.29, 0.717) is 6.04 Å². The Balaban J connectivity index is 0.00000200. The van der Waals surface area contributed by atoms with Crippen LogP contribution in [0.5, 0.6) is 0 Å². The second kappa shape index (κ2) is 9.07. The number of guanidine groups is 1. The van der Waals surface area contributed by atoms with E-state index in [2.05, 4.69) is 34.4 Å². The van der Waals surface area contributed by atoms with Gasteiger partial charge in [-0.25, -0.2) is 0 Å². The summed E-state index contributed by atoms with van der Waals surface area (Å²) in [5, 5.41) is 6.89. The molecular formula is C15H31IN4. The number of halogens is 1. The standard InChI is InChI=1S/C15H30N4.HI/c1-12-6-4-8-19(11-12)9-5-7-17-15(16-3)18-14-10-13(14)2;/h12-14H,4-11H2,1-3H3,(H2,16,17,18);1H. The summed E-state index contributed by atoms with van der Waals surface area (Å²) in [5.74, 6) is 2.67. The van der Waals surface area contributed by atoms with E-state index in [9.17, 15) is 0 Å². The van der Waals surface area contributed by atoms with Gasteiger partial charge in [0.25, 0.3) is 0 Å². The van der Waals surface area contributed by atoms with Gasteiger partial charge < -0.3 is 15.5 Å². The molecule has 0 aromatic heterocycles. The van der Waals surface area contributed by atoms with Gasteiger partial charge in [0, 0.05) is 26.2 Å². The van der Waals surface area contributed by atoms with Gasteiger partial charge in [-0.15, -0.1) is 24.0 Å². The van der Waals surface area contributed by atoms with E-state index in [0.717, 1.165) is 24.3 Å². The maximum absolute atomic E-state index is 4.28. The van der Waals surface area contributed by atoms with Crippen molar-refractivity contribution < 1.29 is 0 Å². The van der Waals surface area contributed by atoms with Crippen LogP contribution < -0.4 is 10.6 Å². The van der Waals surface area contributed by atoms with Crippen molar-refractivity contribution in [3.63, 3.8) is 0 Å². The summed E-state index contributed by atoms with van der Waals surface area (Å²) in [5.41, 5.74) is 0. The fourth-order valence-electron chi connectivity index (χ4n) is 2.89. The molecule has 5 heteroatoms. The normalized spacial score (nSPS) is 30.6. The van der Waals surface area contributed by atoms with Crippen LogP contribution in [0, 0.1) is 11.8 Å². The second-order valence-electron chi connectivity index (χ2n) is 6.36. The lowest BCUT2D eigenvalue weighted by Crippen LogP contribution is -2.41. The lowest BCUT2D eigenvalue weighted by atomic mass is 10.0. The molecule has 0 amide bonds. The number of hydrogen-bond donors (Lipinski definition) is 2. The first-order valence-electron chi connectivity index (χ1n) is 7.88. The predicted molar refractivity (Wildman–Crippen MR) is 96.9 cm³/mol. The SMILES string of the molecule is CN=C(NCCCN1CCCC(C)C1)NC1CC1C.I. The van der Waals surface area contributed by atoms with Crippen molar-refractivity contribution in [1.82, 2.24) is 15.5 Å². The minimum atomic E-state index is 0. The summed E-state index contributed by atoms with van der Waals surface area (Å²) in [6, 6.07) is 0.647. The Morgan fingerprint density at radius 1 is 1.35 bits per heavy atom. The average molecular weight is 394 g/mol. The van der Waals surface area contributed by atoms with E-state index in [1.807, 2.05) is 7.05 Å². The minimum Gasteiger partial charge on any atom is -0.356 e. The van der Waals surface area contributed by atoms with Crippen LogP contribution in [0.3, 0.4) is 0 Å². The van der Waals surface area contributed by atoms with Gasteiger partial charge in [-0.1, -0.05) is 13.8 Å². The number of aliphatic imine (C=N–C) groups is 1. The molecule has 0 spiro atoms. The van der Waals surface area contributed by atoms with Crippen LogP contribution >= 0.6 is 24.0 Å². The maximum atomic E-state index is 4.28. The molecule has 1 aliphatic carbocycles. The number of nitrogens with zero attached hydrogens (tertiary/aromatic N) is 2. The predicted octanol–water partition coefficient (Wildman–Crippen LogP) is 2.30. The number of rotatable bonds is 5. The van der Waals surface area contributed by atoms with Gasteiger partial charge in [0.15, 0.2) is 5.96 Å². The van der Waals surface area contributed by atoms with Gasteiger partial charge in [0.2, 0.25) is 0 Å². The molecule has 3 unspecified atom stereocenters. The van der Waals surface area contributed by atoms with Crippen molar-refractivity contribution in [2.45, 2.75) is 45.6 Å². The largest absolute Gasteiger partial charge is 0.356 e. The Hall–Kier alpha value is -0.0400. The summed E-state index contributed by atoms with van der Waals surface area (Å²) in [7, 11) is 1.86. The van der Waals surface area contributed by atoms with E-state index in [1.165, 1.54) is 45.3 Å². The van der Waals surface area contributed by atoms with Crippen LogP contribution in [-0.4, -0.2) is 50.1 Å². The Labute approximate surface area is 141 Å². The Morgan fingerprint density at radius 2 is 2.10 bits per heavy atom. The molecule has 1 saturated carbocycles. The van der Waals surface area contributed by atoms with Crippen molar-refractivity contribution in [2.24, 2.45) is 16.8 Å². The van der Waals surface area contributed by atoms with Crippen LogP contribution in [0.4, 0.5) is 0 Å². The van der Waals surface area contributed by atoms with Crippen molar-refractivity contribution >= 4 is 29.9 Å². The molecule has 2 fully saturated rings. The third-order valence-electron chi connectivity index (χ3n) is 4.34. The Morgan fingerprint density at radius 3 is 2.70 bits per heavy atom. The van der Waals surface area contributed by atoms with Gasteiger partial charge >= 0.3 is 0 Å². The summed E-state index contributed by atoms with van der Waals surface area (Å²) in [4.78, 5) is 6.89. The van der Waals surface area contributed by atoms with Crippen molar-refractivity contribution in [1.29, 1.82) is 0 Å². The molecule has 4 nitrogen and oxygen atoms in total. The number of likely N-dealkylation sites (tertiary alicyclic amines) is 1.